The first-order valence-corrected chi connectivity index (χ1v) is 13.2. The highest BCUT2D eigenvalue weighted by Gasteiger charge is 2.32. The topological polar surface area (TPSA) is 96.0 Å². The number of carbonyl (C=O) groups is 2. The second-order valence-corrected chi connectivity index (χ2v) is 10.2. The van der Waals surface area contributed by atoms with E-state index in [0.29, 0.717) is 35.0 Å². The summed E-state index contributed by atoms with van der Waals surface area (Å²) < 4.78 is 31.6. The molecule has 34 heavy (non-hydrogen) atoms. The zero-order valence-electron chi connectivity index (χ0n) is 20.2. The van der Waals surface area contributed by atoms with Gasteiger partial charge in [0.05, 0.1) is 19.1 Å². The molecule has 0 spiro atoms. The van der Waals surface area contributed by atoms with Crippen LogP contribution >= 0.6 is 11.6 Å². The molecule has 0 aliphatic heterocycles. The standard InChI is InChI=1S/C24H32ClN3O5S/c1-6-21(24(30)26-7-2)27(15-18-9-12-20(33-4)13-10-18)23(29)16-28(34(5,31)32)22-14-19(25)11-8-17(22)3/h8-14,21H,6-7,15-16H2,1-5H3,(H,26,30). The zero-order chi connectivity index (χ0) is 25.5. The number of amides is 2. The molecule has 2 amide bonds. The molecule has 0 saturated heterocycles. The lowest BCUT2D eigenvalue weighted by Gasteiger charge is -2.33. The Labute approximate surface area is 206 Å². The molecule has 1 N–H and O–H groups in total. The lowest BCUT2D eigenvalue weighted by molar-refractivity contribution is -0.140. The number of nitrogens with one attached hydrogen (secondary N) is 1. The van der Waals surface area contributed by atoms with Crippen molar-refractivity contribution < 1.29 is 22.7 Å². The minimum Gasteiger partial charge on any atom is -0.497 e. The molecule has 0 aliphatic carbocycles. The number of carbonyl (C=O) groups excluding carboxylic acids is 2. The maximum atomic E-state index is 13.6. The van der Waals surface area contributed by atoms with Gasteiger partial charge in [-0.25, -0.2) is 8.42 Å². The average molecular weight is 510 g/mol. The van der Waals surface area contributed by atoms with E-state index in [-0.39, 0.29) is 12.5 Å². The van der Waals surface area contributed by atoms with Crippen LogP contribution in [0.5, 0.6) is 5.75 Å². The number of rotatable bonds is 11. The summed E-state index contributed by atoms with van der Waals surface area (Å²) >= 11 is 6.11. The largest absolute Gasteiger partial charge is 0.497 e. The molecule has 1 unspecified atom stereocenters. The van der Waals surface area contributed by atoms with Gasteiger partial charge in [0.2, 0.25) is 21.8 Å². The van der Waals surface area contributed by atoms with Crippen LogP contribution < -0.4 is 14.4 Å². The summed E-state index contributed by atoms with van der Waals surface area (Å²) in [5.41, 5.74) is 1.75. The summed E-state index contributed by atoms with van der Waals surface area (Å²) in [5.74, 6) is -0.132. The highest BCUT2D eigenvalue weighted by Crippen LogP contribution is 2.27. The van der Waals surface area contributed by atoms with Crippen molar-refractivity contribution in [3.05, 3.63) is 58.6 Å². The van der Waals surface area contributed by atoms with Crippen LogP contribution in [-0.4, -0.2) is 57.6 Å². The molecule has 10 heteroatoms. The minimum atomic E-state index is -3.82. The summed E-state index contributed by atoms with van der Waals surface area (Å²) in [7, 11) is -2.26. The van der Waals surface area contributed by atoms with Crippen molar-refractivity contribution in [2.24, 2.45) is 0 Å². The van der Waals surface area contributed by atoms with E-state index in [1.54, 1.807) is 57.4 Å². The SMILES string of the molecule is CCNC(=O)C(CC)N(Cc1ccc(OC)cc1)C(=O)CN(c1cc(Cl)ccc1C)S(C)(=O)=O. The molecular formula is C24H32ClN3O5S. The molecule has 2 aromatic rings. The number of methoxy groups -OCH3 is 1. The van der Waals surface area contributed by atoms with E-state index in [9.17, 15) is 18.0 Å². The number of hydrogen-bond donors (Lipinski definition) is 1. The third kappa shape index (κ3) is 7.11. The molecule has 2 rings (SSSR count). The number of aryl methyl sites for hydroxylation is 1. The smallest absolute Gasteiger partial charge is 0.244 e. The van der Waals surface area contributed by atoms with E-state index in [4.69, 9.17) is 16.3 Å². The molecule has 0 aliphatic rings. The molecule has 0 bridgehead atoms. The van der Waals surface area contributed by atoms with Crippen molar-refractivity contribution in [1.29, 1.82) is 0 Å². The highest BCUT2D eigenvalue weighted by atomic mass is 35.5. The molecule has 0 aromatic heterocycles. The summed E-state index contributed by atoms with van der Waals surface area (Å²) in [6.45, 7) is 5.43. The molecule has 0 heterocycles. The van der Waals surface area contributed by atoms with Gasteiger partial charge in [-0.3, -0.25) is 13.9 Å². The van der Waals surface area contributed by atoms with Crippen molar-refractivity contribution in [3.63, 3.8) is 0 Å². The normalized spacial score (nSPS) is 12.1. The number of hydrogen-bond acceptors (Lipinski definition) is 5. The van der Waals surface area contributed by atoms with E-state index < -0.39 is 28.5 Å². The van der Waals surface area contributed by atoms with Crippen LogP contribution in [0, 0.1) is 6.92 Å². The van der Waals surface area contributed by atoms with Crippen LogP contribution in [0.25, 0.3) is 0 Å². The average Bonchev–Trinajstić information content (AvgIpc) is 2.78. The summed E-state index contributed by atoms with van der Waals surface area (Å²) in [5, 5.41) is 3.12. The molecule has 2 aromatic carbocycles. The molecule has 0 fully saturated rings. The van der Waals surface area contributed by atoms with E-state index in [1.165, 1.54) is 11.0 Å². The van der Waals surface area contributed by atoms with Crippen molar-refractivity contribution in [2.45, 2.75) is 39.8 Å². The fraction of sp³-hybridized carbons (Fsp3) is 0.417. The monoisotopic (exact) mass is 509 g/mol. The van der Waals surface area contributed by atoms with Gasteiger partial charge in [0.1, 0.15) is 18.3 Å². The Balaban J connectivity index is 2.46. The van der Waals surface area contributed by atoms with Gasteiger partial charge in [-0.15, -0.1) is 0 Å². The zero-order valence-corrected chi connectivity index (χ0v) is 21.7. The molecule has 186 valence electrons. The second kappa shape index (κ2) is 12.1. The number of ether oxygens (including phenoxy) is 1. The summed E-state index contributed by atoms with van der Waals surface area (Å²) in [6, 6.07) is 11.2. The van der Waals surface area contributed by atoms with Crippen molar-refractivity contribution in [1.82, 2.24) is 10.2 Å². The molecule has 0 saturated carbocycles. The number of benzene rings is 2. The fourth-order valence-electron chi connectivity index (χ4n) is 3.59. The maximum absolute atomic E-state index is 13.6. The Bertz CT molecular complexity index is 1110. The van der Waals surface area contributed by atoms with Crippen molar-refractivity contribution in [3.8, 4) is 5.75 Å². The van der Waals surface area contributed by atoms with E-state index in [0.717, 1.165) is 16.1 Å². The Kier molecular flexibility index (Phi) is 9.76. The van der Waals surface area contributed by atoms with Gasteiger partial charge in [-0.05, 0) is 55.7 Å². The highest BCUT2D eigenvalue weighted by molar-refractivity contribution is 7.92. The Morgan fingerprint density at radius 1 is 1.12 bits per heavy atom. The first-order valence-electron chi connectivity index (χ1n) is 11.0. The number of likely N-dealkylation sites (N-methyl/N-ethyl adjacent to an activating group) is 1. The fourth-order valence-corrected chi connectivity index (χ4v) is 4.65. The van der Waals surface area contributed by atoms with Gasteiger partial charge < -0.3 is 15.0 Å². The number of halogens is 1. The van der Waals surface area contributed by atoms with Crippen molar-refractivity contribution >= 4 is 39.1 Å². The van der Waals surface area contributed by atoms with Crippen LogP contribution in [0.1, 0.15) is 31.4 Å². The predicted octanol–water partition coefficient (Wildman–Crippen LogP) is 3.37. The number of nitrogens with zero attached hydrogens (tertiary/aromatic N) is 2. The molecule has 8 nitrogen and oxygen atoms in total. The lowest BCUT2D eigenvalue weighted by Crippen LogP contribution is -2.52. The predicted molar refractivity (Wildman–Crippen MR) is 135 cm³/mol. The van der Waals surface area contributed by atoms with Crippen LogP contribution in [0.4, 0.5) is 5.69 Å². The minimum absolute atomic E-state index is 0.130. The van der Waals surface area contributed by atoms with Crippen LogP contribution in [0.2, 0.25) is 5.02 Å². The van der Waals surface area contributed by atoms with Gasteiger partial charge >= 0.3 is 0 Å². The molecular weight excluding hydrogens is 478 g/mol. The third-order valence-corrected chi connectivity index (χ3v) is 6.73. The van der Waals surface area contributed by atoms with Gasteiger partial charge in [-0.2, -0.15) is 0 Å². The van der Waals surface area contributed by atoms with E-state index in [1.807, 2.05) is 6.92 Å². The van der Waals surface area contributed by atoms with Crippen LogP contribution in [-0.2, 0) is 26.2 Å². The third-order valence-electron chi connectivity index (χ3n) is 5.37. The van der Waals surface area contributed by atoms with Crippen LogP contribution in [0.15, 0.2) is 42.5 Å². The molecule has 1 atom stereocenters. The molecule has 0 radical (unpaired) electrons. The van der Waals surface area contributed by atoms with Crippen molar-refractivity contribution in [2.75, 3.05) is 30.8 Å². The number of anilines is 1. The van der Waals surface area contributed by atoms with Gasteiger partial charge in [-0.1, -0.05) is 36.7 Å². The summed E-state index contributed by atoms with van der Waals surface area (Å²) in [4.78, 5) is 27.8. The lowest BCUT2D eigenvalue weighted by atomic mass is 10.1. The Morgan fingerprint density at radius 3 is 2.29 bits per heavy atom. The Morgan fingerprint density at radius 2 is 1.76 bits per heavy atom. The van der Waals surface area contributed by atoms with Gasteiger partial charge in [0.25, 0.3) is 0 Å². The second-order valence-electron chi connectivity index (χ2n) is 7.89. The van der Waals surface area contributed by atoms with Gasteiger partial charge in [0, 0.05) is 18.1 Å². The summed E-state index contributed by atoms with van der Waals surface area (Å²) in [6.07, 6.45) is 1.40. The number of sulfonamides is 1. The quantitative estimate of drug-likeness (QED) is 0.501. The van der Waals surface area contributed by atoms with E-state index >= 15 is 0 Å². The van der Waals surface area contributed by atoms with E-state index in [2.05, 4.69) is 5.32 Å². The van der Waals surface area contributed by atoms with Crippen LogP contribution in [0.3, 0.4) is 0 Å². The Hall–Kier alpha value is -2.78. The van der Waals surface area contributed by atoms with Gasteiger partial charge in [0.15, 0.2) is 0 Å². The first-order chi connectivity index (χ1) is 16.0. The first kappa shape index (κ1) is 27.5. The maximum Gasteiger partial charge on any atom is 0.244 e.